The summed E-state index contributed by atoms with van der Waals surface area (Å²) in [5.41, 5.74) is -0.236. The Morgan fingerprint density at radius 1 is 1.11 bits per heavy atom. The van der Waals surface area contributed by atoms with E-state index in [9.17, 15) is 4.79 Å². The fraction of sp³-hybridized carbons (Fsp3) is 0.938. The van der Waals surface area contributed by atoms with Gasteiger partial charge in [0.1, 0.15) is 6.29 Å². The summed E-state index contributed by atoms with van der Waals surface area (Å²) >= 11 is 0. The van der Waals surface area contributed by atoms with Gasteiger partial charge in [0.25, 0.3) is 0 Å². The molecule has 2 aliphatic carbocycles. The van der Waals surface area contributed by atoms with Crippen LogP contribution in [0.25, 0.3) is 0 Å². The van der Waals surface area contributed by atoms with Crippen molar-refractivity contribution < 1.29 is 14.3 Å². The Morgan fingerprint density at radius 2 is 1.79 bits per heavy atom. The molecule has 0 unspecified atom stereocenters. The lowest BCUT2D eigenvalue weighted by Gasteiger charge is -2.61. The highest BCUT2D eigenvalue weighted by atomic mass is 16.7. The van der Waals surface area contributed by atoms with Gasteiger partial charge in [-0.05, 0) is 37.5 Å². The number of hydrogen-bond acceptors (Lipinski definition) is 3. The minimum atomic E-state index is -0.416. The Kier molecular flexibility index (Phi) is 3.06. The van der Waals surface area contributed by atoms with Crippen LogP contribution in [0.1, 0.15) is 52.9 Å². The lowest BCUT2D eigenvalue weighted by atomic mass is 9.47. The molecule has 3 fully saturated rings. The normalized spacial score (nSPS) is 49.0. The average molecular weight is 266 g/mol. The second-order valence-electron chi connectivity index (χ2n) is 7.24. The Labute approximate surface area is 116 Å². The van der Waals surface area contributed by atoms with Crippen LogP contribution in [0.2, 0.25) is 0 Å². The third-order valence-electron chi connectivity index (χ3n) is 6.56. The van der Waals surface area contributed by atoms with Gasteiger partial charge in [0.15, 0.2) is 5.79 Å². The van der Waals surface area contributed by atoms with E-state index in [1.807, 2.05) is 0 Å². The quantitative estimate of drug-likeness (QED) is 0.684. The first-order valence-electron chi connectivity index (χ1n) is 7.73. The second kappa shape index (κ2) is 4.29. The molecule has 1 aliphatic heterocycles. The topological polar surface area (TPSA) is 35.5 Å². The zero-order valence-corrected chi connectivity index (χ0v) is 12.4. The minimum absolute atomic E-state index is 0.0100. The molecule has 0 aromatic heterocycles. The summed E-state index contributed by atoms with van der Waals surface area (Å²) in [6.45, 7) is 8.09. The molecular weight excluding hydrogens is 240 g/mol. The predicted octanol–water partition coefficient (Wildman–Crippen LogP) is 3.17. The monoisotopic (exact) mass is 266 g/mol. The van der Waals surface area contributed by atoms with Gasteiger partial charge in [-0.25, -0.2) is 0 Å². The van der Waals surface area contributed by atoms with Crippen LogP contribution >= 0.6 is 0 Å². The molecule has 1 spiro atoms. The molecule has 1 saturated heterocycles. The molecule has 0 aromatic rings. The third kappa shape index (κ3) is 1.61. The molecule has 0 aromatic carbocycles. The van der Waals surface area contributed by atoms with Crippen LogP contribution in [-0.4, -0.2) is 25.3 Å². The van der Waals surface area contributed by atoms with Crippen LogP contribution in [0.5, 0.6) is 0 Å². The molecule has 108 valence electrons. The maximum Gasteiger partial charge on any atom is 0.174 e. The molecule has 0 N–H and O–H groups in total. The molecule has 0 amide bonds. The van der Waals surface area contributed by atoms with Crippen molar-refractivity contribution in [3.63, 3.8) is 0 Å². The minimum Gasteiger partial charge on any atom is -0.347 e. The Morgan fingerprint density at radius 3 is 2.42 bits per heavy atom. The number of aldehydes is 1. The van der Waals surface area contributed by atoms with Crippen LogP contribution in [-0.2, 0) is 14.3 Å². The SMILES string of the molecule is C[C@H]1CC[C@]2(C)[C@H](CCCC23OCCO3)[C@@]1(C)C=O. The first-order valence-corrected chi connectivity index (χ1v) is 7.73. The second-order valence-corrected chi connectivity index (χ2v) is 7.24. The van der Waals surface area contributed by atoms with Crippen molar-refractivity contribution >= 4 is 6.29 Å². The summed E-state index contributed by atoms with van der Waals surface area (Å²) in [4.78, 5) is 11.8. The van der Waals surface area contributed by atoms with Crippen molar-refractivity contribution in [3.8, 4) is 0 Å². The van der Waals surface area contributed by atoms with E-state index in [0.717, 1.165) is 32.1 Å². The lowest BCUT2D eigenvalue weighted by molar-refractivity contribution is -0.292. The number of carbonyl (C=O) groups excluding carboxylic acids is 1. The number of hydrogen-bond donors (Lipinski definition) is 0. The van der Waals surface area contributed by atoms with Crippen LogP contribution < -0.4 is 0 Å². The van der Waals surface area contributed by atoms with E-state index in [0.29, 0.717) is 25.0 Å². The fourth-order valence-corrected chi connectivity index (χ4v) is 5.07. The van der Waals surface area contributed by atoms with Gasteiger partial charge in [0.05, 0.1) is 13.2 Å². The van der Waals surface area contributed by atoms with Crippen LogP contribution in [0.15, 0.2) is 0 Å². The maximum absolute atomic E-state index is 11.8. The maximum atomic E-state index is 11.8. The van der Waals surface area contributed by atoms with E-state index in [-0.39, 0.29) is 10.8 Å². The van der Waals surface area contributed by atoms with E-state index in [1.165, 1.54) is 6.29 Å². The van der Waals surface area contributed by atoms with Crippen molar-refractivity contribution in [2.75, 3.05) is 13.2 Å². The number of rotatable bonds is 1. The highest BCUT2D eigenvalue weighted by Gasteiger charge is 2.64. The molecule has 0 radical (unpaired) electrons. The molecule has 3 nitrogen and oxygen atoms in total. The van der Waals surface area contributed by atoms with Gasteiger partial charge in [-0.2, -0.15) is 0 Å². The van der Waals surface area contributed by atoms with Gasteiger partial charge < -0.3 is 14.3 Å². The highest BCUT2D eigenvalue weighted by molar-refractivity contribution is 5.60. The molecule has 3 aliphatic rings. The molecular formula is C16H26O3. The van der Waals surface area contributed by atoms with Gasteiger partial charge in [-0.1, -0.05) is 20.8 Å². The van der Waals surface area contributed by atoms with E-state index >= 15 is 0 Å². The van der Waals surface area contributed by atoms with E-state index in [4.69, 9.17) is 9.47 Å². The van der Waals surface area contributed by atoms with Crippen molar-refractivity contribution in [2.24, 2.45) is 22.7 Å². The zero-order chi connectivity index (χ0) is 13.7. The summed E-state index contributed by atoms with van der Waals surface area (Å²) in [5.74, 6) is 0.424. The molecule has 3 rings (SSSR count). The Balaban J connectivity index is 2.03. The first-order chi connectivity index (χ1) is 8.98. The van der Waals surface area contributed by atoms with Crippen molar-refractivity contribution in [2.45, 2.75) is 58.7 Å². The summed E-state index contributed by atoms with van der Waals surface area (Å²) in [5, 5.41) is 0. The van der Waals surface area contributed by atoms with Gasteiger partial charge in [-0.15, -0.1) is 0 Å². The summed E-state index contributed by atoms with van der Waals surface area (Å²) in [6, 6.07) is 0. The molecule has 4 atom stereocenters. The van der Waals surface area contributed by atoms with E-state index < -0.39 is 5.79 Å². The van der Waals surface area contributed by atoms with Gasteiger partial charge >= 0.3 is 0 Å². The van der Waals surface area contributed by atoms with Crippen LogP contribution in [0, 0.1) is 22.7 Å². The van der Waals surface area contributed by atoms with E-state index in [2.05, 4.69) is 20.8 Å². The molecule has 1 heterocycles. The highest BCUT2D eigenvalue weighted by Crippen LogP contribution is 2.64. The first kappa shape index (κ1) is 13.6. The summed E-state index contributed by atoms with van der Waals surface area (Å²) in [7, 11) is 0. The van der Waals surface area contributed by atoms with Gasteiger partial charge in [0, 0.05) is 17.3 Å². The van der Waals surface area contributed by atoms with E-state index in [1.54, 1.807) is 0 Å². The standard InChI is InChI=1S/C16H26O3/c1-12-6-8-15(3)13(14(12,2)11-17)5-4-7-16(15)18-9-10-19-16/h11-13H,4-10H2,1-3H3/t12-,13+,14-,15+/m0/s1. The molecule has 0 bridgehead atoms. The fourth-order valence-electron chi connectivity index (χ4n) is 5.07. The molecule has 3 heteroatoms. The predicted molar refractivity (Wildman–Crippen MR) is 72.7 cm³/mol. The Hall–Kier alpha value is -0.410. The van der Waals surface area contributed by atoms with Crippen molar-refractivity contribution in [1.29, 1.82) is 0 Å². The number of fused-ring (bicyclic) bond motifs is 2. The summed E-state index contributed by atoms with van der Waals surface area (Å²) < 4.78 is 12.2. The average Bonchev–Trinajstić information content (AvgIpc) is 2.87. The lowest BCUT2D eigenvalue weighted by Crippen LogP contribution is -2.62. The number of carbonyl (C=O) groups is 1. The third-order valence-corrected chi connectivity index (χ3v) is 6.56. The Bertz CT molecular complexity index is 374. The largest absolute Gasteiger partial charge is 0.347 e. The van der Waals surface area contributed by atoms with Gasteiger partial charge in [-0.3, -0.25) is 0 Å². The molecule has 19 heavy (non-hydrogen) atoms. The van der Waals surface area contributed by atoms with Crippen molar-refractivity contribution in [1.82, 2.24) is 0 Å². The van der Waals surface area contributed by atoms with Gasteiger partial charge in [0.2, 0.25) is 0 Å². The molecule has 2 saturated carbocycles. The smallest absolute Gasteiger partial charge is 0.174 e. The summed E-state index contributed by atoms with van der Waals surface area (Å²) in [6.07, 6.45) is 6.65. The van der Waals surface area contributed by atoms with Crippen molar-refractivity contribution in [3.05, 3.63) is 0 Å². The zero-order valence-electron chi connectivity index (χ0n) is 12.4. The number of ether oxygens (including phenoxy) is 2. The van der Waals surface area contributed by atoms with Crippen LogP contribution in [0.4, 0.5) is 0 Å². The van der Waals surface area contributed by atoms with Crippen LogP contribution in [0.3, 0.4) is 0 Å².